The first-order valence-corrected chi connectivity index (χ1v) is 8.70. The van der Waals surface area contributed by atoms with Crippen molar-refractivity contribution in [2.75, 3.05) is 11.4 Å². The Balaban J connectivity index is 1.88. The lowest BCUT2D eigenvalue weighted by Crippen LogP contribution is -2.31. The zero-order valence-electron chi connectivity index (χ0n) is 12.9. The molecule has 0 fully saturated rings. The van der Waals surface area contributed by atoms with Crippen molar-refractivity contribution in [3.05, 3.63) is 51.2 Å². The Morgan fingerprint density at radius 3 is 3.00 bits per heavy atom. The topological polar surface area (TPSA) is 29.3 Å². The van der Waals surface area contributed by atoms with E-state index in [9.17, 15) is 0 Å². The number of nitrogens with zero attached hydrogens (tertiary/aromatic N) is 1. The zero-order valence-corrected chi connectivity index (χ0v) is 13.7. The highest BCUT2D eigenvalue weighted by Gasteiger charge is 2.20. The Morgan fingerprint density at radius 1 is 1.33 bits per heavy atom. The monoisotopic (exact) mass is 300 g/mol. The normalized spacial score (nSPS) is 15.9. The Hall–Kier alpha value is -1.32. The molecule has 2 N–H and O–H groups in total. The summed E-state index contributed by atoms with van der Waals surface area (Å²) in [7, 11) is 0. The molecule has 0 saturated carbocycles. The molecule has 2 nitrogen and oxygen atoms in total. The smallest absolute Gasteiger partial charge is 0.0440 e. The Kier molecular flexibility index (Phi) is 4.32. The first kappa shape index (κ1) is 14.6. The van der Waals surface area contributed by atoms with E-state index in [1.165, 1.54) is 28.8 Å². The third-order valence-electron chi connectivity index (χ3n) is 4.39. The summed E-state index contributed by atoms with van der Waals surface area (Å²) in [4.78, 5) is 4.08. The van der Waals surface area contributed by atoms with E-state index in [0.29, 0.717) is 0 Å². The maximum absolute atomic E-state index is 6.20. The lowest BCUT2D eigenvalue weighted by atomic mass is 9.98. The average molecular weight is 300 g/mol. The van der Waals surface area contributed by atoms with Crippen LogP contribution in [0.3, 0.4) is 0 Å². The maximum Gasteiger partial charge on any atom is 0.0440 e. The van der Waals surface area contributed by atoms with Gasteiger partial charge in [-0.3, -0.25) is 0 Å². The first-order chi connectivity index (χ1) is 10.2. The van der Waals surface area contributed by atoms with Gasteiger partial charge in [0, 0.05) is 29.7 Å². The quantitative estimate of drug-likeness (QED) is 0.928. The van der Waals surface area contributed by atoms with Gasteiger partial charge in [0.2, 0.25) is 0 Å². The molecule has 0 bridgehead atoms. The minimum absolute atomic E-state index is 0.257. The standard InChI is InChI=1S/C18H24N2S/c1-3-16(19)11-15-10-13(2)4-5-17(15)20-8-6-18-14(12-20)7-9-21-18/h4-5,7,9-10,16H,3,6,8,11-12,19H2,1-2H3. The predicted octanol–water partition coefficient (Wildman–Crippen LogP) is 3.90. The predicted molar refractivity (Wildman–Crippen MR) is 92.2 cm³/mol. The third-order valence-corrected chi connectivity index (χ3v) is 5.41. The van der Waals surface area contributed by atoms with Crippen molar-refractivity contribution in [3.63, 3.8) is 0 Å². The van der Waals surface area contributed by atoms with E-state index in [4.69, 9.17) is 5.73 Å². The molecule has 1 aromatic carbocycles. The second-order valence-electron chi connectivity index (χ2n) is 6.05. The highest BCUT2D eigenvalue weighted by Crippen LogP contribution is 2.31. The van der Waals surface area contributed by atoms with Crippen LogP contribution in [0.5, 0.6) is 0 Å². The van der Waals surface area contributed by atoms with Crippen molar-refractivity contribution < 1.29 is 0 Å². The summed E-state index contributed by atoms with van der Waals surface area (Å²) < 4.78 is 0. The van der Waals surface area contributed by atoms with Crippen LogP contribution in [0.4, 0.5) is 5.69 Å². The Morgan fingerprint density at radius 2 is 2.19 bits per heavy atom. The van der Waals surface area contributed by atoms with Crippen LogP contribution in [-0.2, 0) is 19.4 Å². The number of hydrogen-bond donors (Lipinski definition) is 1. The molecule has 1 aromatic heterocycles. The van der Waals surface area contributed by atoms with Gasteiger partial charge in [-0.15, -0.1) is 11.3 Å². The third kappa shape index (κ3) is 3.14. The molecule has 2 heterocycles. The summed E-state index contributed by atoms with van der Waals surface area (Å²) in [6.07, 6.45) is 3.17. The van der Waals surface area contributed by atoms with E-state index in [1.807, 2.05) is 11.3 Å². The molecule has 21 heavy (non-hydrogen) atoms. The van der Waals surface area contributed by atoms with Crippen LogP contribution >= 0.6 is 11.3 Å². The van der Waals surface area contributed by atoms with Crippen LogP contribution in [0.2, 0.25) is 0 Å². The highest BCUT2D eigenvalue weighted by atomic mass is 32.1. The molecule has 1 aliphatic rings. The van der Waals surface area contributed by atoms with E-state index in [2.05, 4.69) is 48.4 Å². The molecule has 0 spiro atoms. The number of aryl methyl sites for hydroxylation is 1. The summed E-state index contributed by atoms with van der Waals surface area (Å²) in [5, 5.41) is 2.22. The lowest BCUT2D eigenvalue weighted by molar-refractivity contribution is 0.641. The number of rotatable bonds is 4. The molecule has 3 rings (SSSR count). The molecule has 0 amide bonds. The van der Waals surface area contributed by atoms with E-state index < -0.39 is 0 Å². The number of hydrogen-bond acceptors (Lipinski definition) is 3. The zero-order chi connectivity index (χ0) is 14.8. The fourth-order valence-corrected chi connectivity index (χ4v) is 3.96. The number of anilines is 1. The summed E-state index contributed by atoms with van der Waals surface area (Å²) in [5.41, 5.74) is 11.8. The van der Waals surface area contributed by atoms with Gasteiger partial charge in [0.1, 0.15) is 0 Å². The van der Waals surface area contributed by atoms with Crippen molar-refractivity contribution in [1.82, 2.24) is 0 Å². The van der Waals surface area contributed by atoms with Crippen LogP contribution in [0.1, 0.15) is 34.9 Å². The molecule has 1 atom stereocenters. The molecule has 112 valence electrons. The number of fused-ring (bicyclic) bond motifs is 1. The van der Waals surface area contributed by atoms with Gasteiger partial charge >= 0.3 is 0 Å². The van der Waals surface area contributed by atoms with E-state index in [1.54, 1.807) is 4.88 Å². The van der Waals surface area contributed by atoms with Crippen molar-refractivity contribution in [2.45, 2.75) is 45.7 Å². The lowest BCUT2D eigenvalue weighted by Gasteiger charge is -2.31. The fourth-order valence-electron chi connectivity index (χ4n) is 3.07. The molecular weight excluding hydrogens is 276 g/mol. The maximum atomic E-state index is 6.20. The first-order valence-electron chi connectivity index (χ1n) is 7.82. The van der Waals surface area contributed by atoms with Crippen molar-refractivity contribution in [2.24, 2.45) is 5.73 Å². The van der Waals surface area contributed by atoms with Gasteiger partial charge in [-0.05, 0) is 54.8 Å². The molecule has 0 aliphatic carbocycles. The van der Waals surface area contributed by atoms with Gasteiger partial charge < -0.3 is 10.6 Å². The second-order valence-corrected chi connectivity index (χ2v) is 7.05. The molecule has 1 unspecified atom stereocenters. The van der Waals surface area contributed by atoms with E-state index in [-0.39, 0.29) is 6.04 Å². The second kappa shape index (κ2) is 6.20. The molecule has 1 aliphatic heterocycles. The van der Waals surface area contributed by atoms with E-state index in [0.717, 1.165) is 25.9 Å². The van der Waals surface area contributed by atoms with Crippen LogP contribution < -0.4 is 10.6 Å². The van der Waals surface area contributed by atoms with E-state index >= 15 is 0 Å². The Labute approximate surface area is 131 Å². The van der Waals surface area contributed by atoms with Gasteiger partial charge in [-0.25, -0.2) is 0 Å². The van der Waals surface area contributed by atoms with Crippen molar-refractivity contribution >= 4 is 17.0 Å². The highest BCUT2D eigenvalue weighted by molar-refractivity contribution is 7.10. The average Bonchev–Trinajstić information content (AvgIpc) is 2.94. The molecule has 0 radical (unpaired) electrons. The number of thiophene rings is 1. The van der Waals surface area contributed by atoms with Crippen LogP contribution in [0, 0.1) is 6.92 Å². The van der Waals surface area contributed by atoms with Gasteiger partial charge in [-0.1, -0.05) is 24.6 Å². The molecule has 0 saturated heterocycles. The van der Waals surface area contributed by atoms with Gasteiger partial charge in [0.05, 0.1) is 0 Å². The van der Waals surface area contributed by atoms with Crippen molar-refractivity contribution in [1.29, 1.82) is 0 Å². The largest absolute Gasteiger partial charge is 0.367 e. The fraction of sp³-hybridized carbons (Fsp3) is 0.444. The number of benzene rings is 1. The van der Waals surface area contributed by atoms with Gasteiger partial charge in [0.25, 0.3) is 0 Å². The molecule has 3 heteroatoms. The van der Waals surface area contributed by atoms with Crippen LogP contribution in [-0.4, -0.2) is 12.6 Å². The minimum Gasteiger partial charge on any atom is -0.367 e. The minimum atomic E-state index is 0.257. The van der Waals surface area contributed by atoms with Crippen molar-refractivity contribution in [3.8, 4) is 0 Å². The summed E-state index contributed by atoms with van der Waals surface area (Å²) in [6.45, 7) is 6.48. The summed E-state index contributed by atoms with van der Waals surface area (Å²) in [5.74, 6) is 0. The molecule has 2 aromatic rings. The van der Waals surface area contributed by atoms with Crippen LogP contribution in [0.15, 0.2) is 29.6 Å². The summed E-state index contributed by atoms with van der Waals surface area (Å²) in [6, 6.07) is 9.35. The molecular formula is C18H24N2S. The van der Waals surface area contributed by atoms with Gasteiger partial charge in [-0.2, -0.15) is 0 Å². The Bertz CT molecular complexity index is 617. The van der Waals surface area contributed by atoms with Gasteiger partial charge in [0.15, 0.2) is 0 Å². The van der Waals surface area contributed by atoms with Crippen LogP contribution in [0.25, 0.3) is 0 Å². The SMILES string of the molecule is CCC(N)Cc1cc(C)ccc1N1CCc2sccc2C1. The summed E-state index contributed by atoms with van der Waals surface area (Å²) >= 11 is 1.90. The number of nitrogens with two attached hydrogens (primary N) is 1.